The molecule has 0 aliphatic carbocycles. The van der Waals surface area contributed by atoms with Crippen LogP contribution in [0.15, 0.2) is 30.3 Å². The van der Waals surface area contributed by atoms with E-state index in [0.29, 0.717) is 5.56 Å². The molecule has 0 aliphatic heterocycles. The van der Waals surface area contributed by atoms with E-state index in [1.54, 1.807) is 11.3 Å². The zero-order chi connectivity index (χ0) is 10.8. The molecule has 0 atom stereocenters. The van der Waals surface area contributed by atoms with Gasteiger partial charge in [-0.3, -0.25) is 0 Å². The zero-order valence-corrected chi connectivity index (χ0v) is 9.56. The molecule has 15 heavy (non-hydrogen) atoms. The van der Waals surface area contributed by atoms with Gasteiger partial charge in [-0.2, -0.15) is 5.26 Å². The minimum absolute atomic E-state index is 0.713. The maximum atomic E-state index is 8.71. The van der Waals surface area contributed by atoms with Gasteiger partial charge in [-0.25, -0.2) is 0 Å². The van der Waals surface area contributed by atoms with Crippen LogP contribution < -0.4 is 0 Å². The first kappa shape index (κ1) is 9.95. The van der Waals surface area contributed by atoms with Crippen LogP contribution >= 0.6 is 11.3 Å². The molecule has 1 aromatic carbocycles. The largest absolute Gasteiger partial charge is 0.192 e. The molecule has 1 heterocycles. The topological polar surface area (TPSA) is 23.8 Å². The Morgan fingerprint density at radius 1 is 1.13 bits per heavy atom. The van der Waals surface area contributed by atoms with E-state index in [9.17, 15) is 0 Å². The van der Waals surface area contributed by atoms with E-state index in [4.69, 9.17) is 5.26 Å². The number of aryl methyl sites for hydroxylation is 2. The Kier molecular flexibility index (Phi) is 2.57. The van der Waals surface area contributed by atoms with Gasteiger partial charge in [-0.15, -0.1) is 11.3 Å². The highest BCUT2D eigenvalue weighted by Gasteiger charge is 2.05. The number of thiophene rings is 1. The molecule has 0 bridgehead atoms. The van der Waals surface area contributed by atoms with Crippen molar-refractivity contribution in [1.82, 2.24) is 0 Å². The van der Waals surface area contributed by atoms with Crippen molar-refractivity contribution in [2.75, 3.05) is 0 Å². The summed E-state index contributed by atoms with van der Waals surface area (Å²) in [4.78, 5) is 2.63. The summed E-state index contributed by atoms with van der Waals surface area (Å²) in [5, 5.41) is 8.71. The van der Waals surface area contributed by atoms with Crippen molar-refractivity contribution in [3.8, 4) is 16.5 Å². The summed E-state index contributed by atoms with van der Waals surface area (Å²) >= 11 is 1.80. The summed E-state index contributed by atoms with van der Waals surface area (Å²) in [5.74, 6) is 0. The first-order valence-corrected chi connectivity index (χ1v) is 5.60. The Morgan fingerprint density at radius 2 is 1.80 bits per heavy atom. The van der Waals surface area contributed by atoms with Crippen LogP contribution in [0.5, 0.6) is 0 Å². The van der Waals surface area contributed by atoms with Gasteiger partial charge in [0.25, 0.3) is 0 Å². The van der Waals surface area contributed by atoms with Crippen LogP contribution in [0.4, 0.5) is 0 Å². The number of rotatable bonds is 1. The smallest absolute Gasteiger partial charge is 0.0991 e. The van der Waals surface area contributed by atoms with E-state index in [-0.39, 0.29) is 0 Å². The second-order valence-corrected chi connectivity index (χ2v) is 4.81. The van der Waals surface area contributed by atoms with Crippen LogP contribution in [-0.2, 0) is 0 Å². The number of nitrogens with zero attached hydrogens (tertiary/aromatic N) is 1. The quantitative estimate of drug-likeness (QED) is 0.704. The molecular formula is C13H11NS. The van der Waals surface area contributed by atoms with Gasteiger partial charge in [0.05, 0.1) is 11.6 Å². The maximum absolute atomic E-state index is 8.71. The second-order valence-electron chi connectivity index (χ2n) is 3.56. The second kappa shape index (κ2) is 3.88. The molecule has 0 N–H and O–H groups in total. The number of hydrogen-bond acceptors (Lipinski definition) is 2. The molecule has 2 aromatic rings. The third-order valence-corrected chi connectivity index (χ3v) is 3.52. The Morgan fingerprint density at radius 3 is 2.27 bits per heavy atom. The first-order valence-electron chi connectivity index (χ1n) is 4.78. The monoisotopic (exact) mass is 213 g/mol. The van der Waals surface area contributed by atoms with Crippen LogP contribution in [0, 0.1) is 25.2 Å². The molecule has 2 rings (SSSR count). The third kappa shape index (κ3) is 1.93. The van der Waals surface area contributed by atoms with Crippen molar-refractivity contribution < 1.29 is 0 Å². The predicted molar refractivity (Wildman–Crippen MR) is 63.9 cm³/mol. The zero-order valence-electron chi connectivity index (χ0n) is 8.74. The summed E-state index contributed by atoms with van der Waals surface area (Å²) in [6, 6.07) is 12.1. The van der Waals surface area contributed by atoms with E-state index in [2.05, 4.69) is 26.0 Å². The van der Waals surface area contributed by atoms with Crippen molar-refractivity contribution in [1.29, 1.82) is 5.26 Å². The molecule has 0 fully saturated rings. The number of nitriles is 1. The van der Waals surface area contributed by atoms with Crippen LogP contribution in [0.3, 0.4) is 0 Å². The lowest BCUT2D eigenvalue weighted by molar-refractivity contribution is 1.47. The Balaban J connectivity index is 2.46. The van der Waals surface area contributed by atoms with E-state index >= 15 is 0 Å². The highest BCUT2D eigenvalue weighted by Crippen LogP contribution is 2.31. The fourth-order valence-corrected chi connectivity index (χ4v) is 2.66. The third-order valence-electron chi connectivity index (χ3n) is 2.32. The number of benzene rings is 1. The Hall–Kier alpha value is -1.59. The highest BCUT2D eigenvalue weighted by molar-refractivity contribution is 7.15. The van der Waals surface area contributed by atoms with Crippen molar-refractivity contribution in [2.24, 2.45) is 0 Å². The molecule has 0 amide bonds. The van der Waals surface area contributed by atoms with Gasteiger partial charge in [-0.05, 0) is 43.2 Å². The average molecular weight is 213 g/mol. The normalized spacial score (nSPS) is 9.93. The lowest BCUT2D eigenvalue weighted by Crippen LogP contribution is -1.77. The molecule has 0 unspecified atom stereocenters. The Bertz CT molecular complexity index is 514. The van der Waals surface area contributed by atoms with Crippen molar-refractivity contribution in [3.63, 3.8) is 0 Å². The minimum atomic E-state index is 0.713. The molecule has 74 valence electrons. The van der Waals surface area contributed by atoms with E-state index < -0.39 is 0 Å². The van der Waals surface area contributed by atoms with E-state index in [1.165, 1.54) is 20.9 Å². The van der Waals surface area contributed by atoms with E-state index in [1.807, 2.05) is 24.3 Å². The molecule has 0 aliphatic rings. The molecule has 0 saturated carbocycles. The summed E-state index contributed by atoms with van der Waals surface area (Å²) in [6.07, 6.45) is 0. The van der Waals surface area contributed by atoms with Crippen LogP contribution in [0.2, 0.25) is 0 Å². The summed E-state index contributed by atoms with van der Waals surface area (Å²) < 4.78 is 0. The molecular weight excluding hydrogens is 202 g/mol. The SMILES string of the molecule is Cc1cc(C)c(-c2ccc(C#N)cc2)s1. The van der Waals surface area contributed by atoms with Crippen LogP contribution in [0.25, 0.3) is 10.4 Å². The summed E-state index contributed by atoms with van der Waals surface area (Å²) in [7, 11) is 0. The minimum Gasteiger partial charge on any atom is -0.192 e. The van der Waals surface area contributed by atoms with Crippen molar-refractivity contribution in [2.45, 2.75) is 13.8 Å². The standard InChI is InChI=1S/C13H11NS/c1-9-7-10(2)15-13(9)12-5-3-11(8-14)4-6-12/h3-7H,1-2H3. The van der Waals surface area contributed by atoms with Crippen LogP contribution in [-0.4, -0.2) is 0 Å². The van der Waals surface area contributed by atoms with Gasteiger partial charge in [0.15, 0.2) is 0 Å². The molecule has 2 heteroatoms. The fraction of sp³-hybridized carbons (Fsp3) is 0.154. The van der Waals surface area contributed by atoms with Gasteiger partial charge >= 0.3 is 0 Å². The predicted octanol–water partition coefficient (Wildman–Crippen LogP) is 3.90. The molecule has 1 nitrogen and oxygen atoms in total. The van der Waals surface area contributed by atoms with Gasteiger partial charge in [-0.1, -0.05) is 12.1 Å². The summed E-state index contributed by atoms with van der Waals surface area (Å²) in [5.41, 5.74) is 3.22. The van der Waals surface area contributed by atoms with E-state index in [0.717, 1.165) is 0 Å². The van der Waals surface area contributed by atoms with Gasteiger partial charge in [0, 0.05) is 9.75 Å². The van der Waals surface area contributed by atoms with Gasteiger partial charge in [0.2, 0.25) is 0 Å². The lowest BCUT2D eigenvalue weighted by Gasteiger charge is -1.99. The molecule has 0 spiro atoms. The van der Waals surface area contributed by atoms with Crippen LogP contribution in [0.1, 0.15) is 16.0 Å². The first-order chi connectivity index (χ1) is 7.20. The lowest BCUT2D eigenvalue weighted by atomic mass is 10.1. The summed E-state index contributed by atoms with van der Waals surface area (Å²) in [6.45, 7) is 4.24. The number of hydrogen-bond donors (Lipinski definition) is 0. The molecule has 0 radical (unpaired) electrons. The average Bonchev–Trinajstić information content (AvgIpc) is 2.58. The Labute approximate surface area is 93.6 Å². The van der Waals surface area contributed by atoms with Crippen molar-refractivity contribution >= 4 is 11.3 Å². The highest BCUT2D eigenvalue weighted by atomic mass is 32.1. The maximum Gasteiger partial charge on any atom is 0.0991 e. The molecule has 1 aromatic heterocycles. The van der Waals surface area contributed by atoms with Crippen molar-refractivity contribution in [3.05, 3.63) is 46.3 Å². The van der Waals surface area contributed by atoms with Gasteiger partial charge < -0.3 is 0 Å². The fourth-order valence-electron chi connectivity index (χ4n) is 1.62. The molecule has 0 saturated heterocycles. The van der Waals surface area contributed by atoms with Gasteiger partial charge in [0.1, 0.15) is 0 Å².